The van der Waals surface area contributed by atoms with E-state index in [-0.39, 0.29) is 33.2 Å². The molecule has 0 aromatic rings. The van der Waals surface area contributed by atoms with E-state index in [0.717, 1.165) is 0 Å². The van der Waals surface area contributed by atoms with Crippen molar-refractivity contribution < 1.29 is 30.0 Å². The molecule has 0 saturated carbocycles. The summed E-state index contributed by atoms with van der Waals surface area (Å²) in [5.41, 5.74) is 0. The fourth-order valence-corrected chi connectivity index (χ4v) is 0.0676. The molecule has 0 heterocycles. The van der Waals surface area contributed by atoms with E-state index in [0.29, 0.717) is 0 Å². The number of hydrogen-bond donors (Lipinski definition) is 4. The van der Waals surface area contributed by atoms with Crippen LogP contribution in [0.5, 0.6) is 0 Å². The lowest BCUT2D eigenvalue weighted by atomic mass is 10.5. The molecule has 0 aromatic carbocycles. The number of carboxylic acids is 1. The summed E-state index contributed by atoms with van der Waals surface area (Å²) in [5.74, 6) is -1.07. The third-order valence-corrected chi connectivity index (χ3v) is 0.397. The second-order valence-corrected chi connectivity index (χ2v) is 1.94. The van der Waals surface area contributed by atoms with Gasteiger partial charge in [-0.3, -0.25) is 9.59 Å². The molecule has 0 aliphatic carbocycles. The summed E-state index contributed by atoms with van der Waals surface area (Å²) < 4.78 is 0. The number of aliphatic carboxylic acids is 1. The minimum atomic E-state index is -1.07. The zero-order valence-corrected chi connectivity index (χ0v) is 12.8. The lowest BCUT2D eigenvalue weighted by Crippen LogP contribution is -1.88. The van der Waals surface area contributed by atoms with Crippen molar-refractivity contribution >= 4 is 25.9 Å². The van der Waals surface area contributed by atoms with Crippen molar-refractivity contribution in [3.05, 3.63) is 25.3 Å². The van der Waals surface area contributed by atoms with E-state index >= 15 is 0 Å². The average Bonchev–Trinajstić information content (AvgIpc) is 2.32. The summed E-state index contributed by atoms with van der Waals surface area (Å²) in [6.45, 7) is 10.3. The van der Waals surface area contributed by atoms with Crippen LogP contribution in [0.1, 0.15) is 20.3 Å². The number of carbonyl (C=O) groups is 2. The van der Waals surface area contributed by atoms with Gasteiger partial charge in [0.2, 0.25) is 0 Å². The van der Waals surface area contributed by atoms with Crippen LogP contribution in [0.2, 0.25) is 0 Å². The molecule has 0 spiro atoms. The molecule has 0 saturated heterocycles. The van der Waals surface area contributed by atoms with Crippen molar-refractivity contribution in [1.82, 2.24) is 0 Å². The van der Waals surface area contributed by atoms with Crippen LogP contribution in [0.4, 0.5) is 0 Å². The van der Waals surface area contributed by atoms with Gasteiger partial charge in [-0.05, 0) is 13.8 Å². The van der Waals surface area contributed by atoms with Crippen molar-refractivity contribution in [3.63, 3.8) is 0 Å². The summed E-state index contributed by atoms with van der Waals surface area (Å²) in [4.78, 5) is 17.7. The monoisotopic (exact) mass is 311 g/mol. The Bertz CT molecular complexity index is 220. The maximum atomic E-state index is 9.38. The first-order valence-electron chi connectivity index (χ1n) is 5.05. The second-order valence-electron chi connectivity index (χ2n) is 1.94. The highest BCUT2D eigenvalue weighted by Gasteiger charge is 1.87. The van der Waals surface area contributed by atoms with Crippen LogP contribution in [-0.2, 0) is 9.59 Å². The Morgan fingerprint density at radius 2 is 1.40 bits per heavy atom. The van der Waals surface area contributed by atoms with E-state index in [1.807, 2.05) is 0 Å². The quantitative estimate of drug-likeness (QED) is 0.443. The van der Waals surface area contributed by atoms with E-state index in [4.69, 9.17) is 30.5 Å². The van der Waals surface area contributed by atoms with Gasteiger partial charge in [-0.15, -0.1) is 0 Å². The predicted molar refractivity (Wildman–Crippen MR) is 82.9 cm³/mol. The number of allylic oxidation sites excluding steroid dienone is 2. The van der Waals surface area contributed by atoms with Gasteiger partial charge < -0.3 is 20.4 Å². The Labute approximate surface area is 126 Å². The van der Waals surface area contributed by atoms with Crippen LogP contribution in [0.15, 0.2) is 25.3 Å². The van der Waals surface area contributed by atoms with Crippen molar-refractivity contribution in [3.8, 4) is 6.07 Å². The maximum Gasteiger partial charge on any atom is 0.317 e. The van der Waals surface area contributed by atoms with Crippen LogP contribution in [0.3, 0.4) is 0 Å². The molecule has 0 atom stereocenters. The van der Waals surface area contributed by atoms with E-state index in [1.54, 1.807) is 26.0 Å². The Balaban J connectivity index is -0.0000000314. The Hall–Kier alpha value is -1.82. The van der Waals surface area contributed by atoms with Crippen LogP contribution >= 0.6 is 13.5 Å². The molecule has 0 fully saturated rings. The Morgan fingerprint density at radius 1 is 1.20 bits per heavy atom. The van der Waals surface area contributed by atoms with Gasteiger partial charge in [0.1, 0.15) is 6.42 Å². The van der Waals surface area contributed by atoms with Crippen molar-refractivity contribution in [1.29, 1.82) is 5.26 Å². The minimum Gasteiger partial charge on any atom is -0.483 e. The molecule has 0 radical (unpaired) electrons. The standard InChI is InChI=1S/C4H6.C3H3NO2.2C2H6O.CH2O2.H2S/c1-3-4-2;4-2-1-3(5)6;2*1-2-3;2-1-3;/h3-4H,1-2H2;1H2,(H,5,6);2*3H,2H2,1H3;1H,(H,2,3);1H2. The highest BCUT2D eigenvalue weighted by atomic mass is 32.1. The number of aliphatic hydroxyl groups excluding tert-OH is 2. The molecule has 0 aliphatic heterocycles. The van der Waals surface area contributed by atoms with Crippen LogP contribution < -0.4 is 0 Å². The topological polar surface area (TPSA) is 139 Å². The van der Waals surface area contributed by atoms with Crippen LogP contribution in [0.25, 0.3) is 0 Å². The third-order valence-electron chi connectivity index (χ3n) is 0.397. The second kappa shape index (κ2) is 67.2. The first-order valence-corrected chi connectivity index (χ1v) is 5.05. The Morgan fingerprint density at radius 3 is 1.40 bits per heavy atom. The predicted octanol–water partition coefficient (Wildman–Crippen LogP) is 1.15. The van der Waals surface area contributed by atoms with E-state index in [1.165, 1.54) is 6.07 Å². The van der Waals surface area contributed by atoms with E-state index in [9.17, 15) is 4.79 Å². The van der Waals surface area contributed by atoms with Crippen LogP contribution in [-0.4, -0.2) is 46.1 Å². The molecule has 0 aromatic heterocycles. The third kappa shape index (κ3) is 785. The van der Waals surface area contributed by atoms with E-state index < -0.39 is 12.4 Å². The number of nitrogens with zero attached hydrogens (tertiary/aromatic N) is 1. The molecule has 0 rings (SSSR count). The molecule has 0 amide bonds. The number of rotatable bonds is 2. The van der Waals surface area contributed by atoms with Gasteiger partial charge in [0.25, 0.3) is 6.47 Å². The molecule has 0 aliphatic rings. The van der Waals surface area contributed by atoms with Gasteiger partial charge in [0, 0.05) is 13.2 Å². The summed E-state index contributed by atoms with van der Waals surface area (Å²) >= 11 is 0. The van der Waals surface area contributed by atoms with Gasteiger partial charge in [0.05, 0.1) is 6.07 Å². The summed E-state index contributed by atoms with van der Waals surface area (Å²) in [6.07, 6.45) is 2.88. The highest BCUT2D eigenvalue weighted by molar-refractivity contribution is 7.59. The summed E-state index contributed by atoms with van der Waals surface area (Å²) in [6, 6.07) is 1.47. The number of hydrogen-bond acceptors (Lipinski definition) is 5. The highest BCUT2D eigenvalue weighted by Crippen LogP contribution is 1.68. The van der Waals surface area contributed by atoms with Gasteiger partial charge >= 0.3 is 5.97 Å². The molecule has 0 unspecified atom stereocenters. The van der Waals surface area contributed by atoms with Gasteiger partial charge in [-0.1, -0.05) is 25.3 Å². The first-order chi connectivity index (χ1) is 8.93. The SMILES string of the molecule is C=CC=C.CCO.CCO.N#CCC(=O)O.O=CO.S. The lowest BCUT2D eigenvalue weighted by Gasteiger charge is -1.70. The minimum absolute atomic E-state index is 0. The molecule has 4 N–H and O–H groups in total. The molecule has 8 heteroatoms. The average molecular weight is 311 g/mol. The normalized spacial score (nSPS) is 5.35. The van der Waals surface area contributed by atoms with Gasteiger partial charge in [0.15, 0.2) is 0 Å². The summed E-state index contributed by atoms with van der Waals surface area (Å²) in [7, 11) is 0. The zero-order chi connectivity index (χ0) is 16.5. The van der Waals surface area contributed by atoms with Gasteiger partial charge in [-0.2, -0.15) is 18.8 Å². The summed E-state index contributed by atoms with van der Waals surface area (Å²) in [5, 5.41) is 37.3. The number of aliphatic hydroxyl groups is 2. The molecule has 20 heavy (non-hydrogen) atoms. The smallest absolute Gasteiger partial charge is 0.317 e. The molecular weight excluding hydrogens is 286 g/mol. The number of nitriles is 1. The molecule has 120 valence electrons. The largest absolute Gasteiger partial charge is 0.483 e. The van der Waals surface area contributed by atoms with Crippen molar-refractivity contribution in [2.24, 2.45) is 0 Å². The fourth-order valence-electron chi connectivity index (χ4n) is 0.0676. The molecular formula is C12H25NO6S. The lowest BCUT2D eigenvalue weighted by molar-refractivity contribution is -0.135. The number of carboxylic acid groups (broad SMARTS) is 2. The molecule has 7 nitrogen and oxygen atoms in total. The van der Waals surface area contributed by atoms with E-state index in [2.05, 4.69) is 13.2 Å². The van der Waals surface area contributed by atoms with Crippen molar-refractivity contribution in [2.75, 3.05) is 13.2 Å². The zero-order valence-electron chi connectivity index (χ0n) is 11.8. The van der Waals surface area contributed by atoms with Crippen molar-refractivity contribution in [2.45, 2.75) is 20.3 Å². The Kier molecular flexibility index (Phi) is 122. The first kappa shape index (κ1) is 36.2. The maximum absolute atomic E-state index is 9.38. The fraction of sp³-hybridized carbons (Fsp3) is 0.417. The molecule has 0 bridgehead atoms. The van der Waals surface area contributed by atoms with Gasteiger partial charge in [-0.25, -0.2) is 0 Å². The van der Waals surface area contributed by atoms with Crippen LogP contribution in [0, 0.1) is 11.3 Å².